The number of hydrogen-bond acceptors (Lipinski definition) is 5. The second-order valence-corrected chi connectivity index (χ2v) is 6.62. The molecule has 0 saturated heterocycles. The molecule has 2 rings (SSSR count). The molecule has 0 bridgehead atoms. The Kier molecular flexibility index (Phi) is 4.49. The third-order valence-electron chi connectivity index (χ3n) is 3.46. The number of sulfonamides is 1. The second kappa shape index (κ2) is 5.97. The third-order valence-corrected chi connectivity index (χ3v) is 4.47. The third kappa shape index (κ3) is 3.61. The summed E-state index contributed by atoms with van der Waals surface area (Å²) in [5.41, 5.74) is 0. The fraction of sp³-hybridized carbons (Fsp3) is 0.615. The van der Waals surface area contributed by atoms with Gasteiger partial charge in [-0.05, 0) is 32.6 Å². The molecule has 1 aromatic heterocycles. The first kappa shape index (κ1) is 15.1. The minimum Gasteiger partial charge on any atom is -0.457 e. The van der Waals surface area contributed by atoms with Gasteiger partial charge in [0.05, 0.1) is 0 Å². The number of carbonyl (C=O) groups is 1. The Bertz CT molecular complexity index is 582. The fourth-order valence-corrected chi connectivity index (χ4v) is 3.13. The summed E-state index contributed by atoms with van der Waals surface area (Å²) in [6.45, 7) is 1.45. The van der Waals surface area contributed by atoms with Gasteiger partial charge >= 0.3 is 5.97 Å². The number of rotatable bonds is 3. The van der Waals surface area contributed by atoms with Crippen molar-refractivity contribution in [2.45, 2.75) is 56.4 Å². The average Bonchev–Trinajstić information content (AvgIpc) is 2.58. The van der Waals surface area contributed by atoms with E-state index in [1.807, 2.05) is 0 Å². The van der Waals surface area contributed by atoms with Gasteiger partial charge in [-0.1, -0.05) is 12.8 Å². The number of furan rings is 1. The van der Waals surface area contributed by atoms with Crippen molar-refractivity contribution < 1.29 is 22.4 Å². The Hall–Kier alpha value is -1.34. The van der Waals surface area contributed by atoms with Crippen LogP contribution < -0.4 is 5.14 Å². The van der Waals surface area contributed by atoms with Crippen molar-refractivity contribution in [1.82, 2.24) is 0 Å². The molecular formula is C13H19NO5S. The van der Waals surface area contributed by atoms with Crippen LogP contribution in [0, 0.1) is 6.92 Å². The molecule has 1 aliphatic carbocycles. The summed E-state index contributed by atoms with van der Waals surface area (Å²) in [5, 5.41) is 5.04. The number of aryl methyl sites for hydroxylation is 1. The minimum absolute atomic E-state index is 0.0975. The molecule has 1 fully saturated rings. The highest BCUT2D eigenvalue weighted by atomic mass is 32.2. The zero-order valence-electron chi connectivity index (χ0n) is 11.4. The van der Waals surface area contributed by atoms with Crippen molar-refractivity contribution in [3.05, 3.63) is 17.6 Å². The number of esters is 1. The van der Waals surface area contributed by atoms with Crippen LogP contribution in [0.3, 0.4) is 0 Å². The highest BCUT2D eigenvalue weighted by Gasteiger charge is 2.24. The Morgan fingerprint density at radius 2 is 1.90 bits per heavy atom. The lowest BCUT2D eigenvalue weighted by atomic mass is 10.1. The van der Waals surface area contributed by atoms with Gasteiger partial charge in [-0.2, -0.15) is 0 Å². The van der Waals surface area contributed by atoms with E-state index in [-0.39, 0.29) is 22.5 Å². The molecule has 0 aliphatic heterocycles. The molecule has 112 valence electrons. The normalized spacial score (nSPS) is 17.7. The molecule has 2 N–H and O–H groups in total. The average molecular weight is 301 g/mol. The number of carbonyl (C=O) groups excluding carboxylic acids is 1. The molecule has 0 aromatic carbocycles. The first-order valence-electron chi connectivity index (χ1n) is 6.72. The number of hydrogen-bond donors (Lipinski definition) is 1. The van der Waals surface area contributed by atoms with E-state index in [2.05, 4.69) is 0 Å². The summed E-state index contributed by atoms with van der Waals surface area (Å²) in [6, 6.07) is 1.13. The van der Waals surface area contributed by atoms with Gasteiger partial charge in [0.1, 0.15) is 16.8 Å². The van der Waals surface area contributed by atoms with Crippen molar-refractivity contribution in [2.24, 2.45) is 5.14 Å². The van der Waals surface area contributed by atoms with Gasteiger partial charge in [0.25, 0.3) is 0 Å². The Labute approximate surface area is 118 Å². The molecule has 20 heavy (non-hydrogen) atoms. The van der Waals surface area contributed by atoms with Crippen LogP contribution in [0.5, 0.6) is 0 Å². The second-order valence-electron chi connectivity index (χ2n) is 5.09. The molecule has 0 atom stereocenters. The molecule has 1 heterocycles. The van der Waals surface area contributed by atoms with Crippen molar-refractivity contribution in [3.63, 3.8) is 0 Å². The largest absolute Gasteiger partial charge is 0.457 e. The predicted octanol–water partition coefficient (Wildman–Crippen LogP) is 2.12. The van der Waals surface area contributed by atoms with Crippen LogP contribution in [0.2, 0.25) is 0 Å². The van der Waals surface area contributed by atoms with Gasteiger partial charge in [-0.15, -0.1) is 0 Å². The molecule has 7 heteroatoms. The van der Waals surface area contributed by atoms with Gasteiger partial charge in [-0.3, -0.25) is 0 Å². The fourth-order valence-electron chi connectivity index (χ4n) is 2.42. The Morgan fingerprint density at radius 3 is 2.40 bits per heavy atom. The van der Waals surface area contributed by atoms with E-state index in [9.17, 15) is 13.2 Å². The van der Waals surface area contributed by atoms with Crippen molar-refractivity contribution in [2.75, 3.05) is 0 Å². The number of primary sulfonamides is 1. The van der Waals surface area contributed by atoms with Gasteiger partial charge < -0.3 is 9.15 Å². The molecule has 1 saturated carbocycles. The van der Waals surface area contributed by atoms with Crippen LogP contribution in [0.1, 0.15) is 54.8 Å². The first-order valence-corrected chi connectivity index (χ1v) is 8.27. The van der Waals surface area contributed by atoms with Crippen molar-refractivity contribution in [1.29, 1.82) is 0 Å². The summed E-state index contributed by atoms with van der Waals surface area (Å²) < 4.78 is 33.1. The molecular weight excluding hydrogens is 282 g/mol. The molecule has 0 unspecified atom stereocenters. The summed E-state index contributed by atoms with van der Waals surface area (Å²) >= 11 is 0. The van der Waals surface area contributed by atoms with Crippen LogP contribution in [0.25, 0.3) is 0 Å². The van der Waals surface area contributed by atoms with Crippen LogP contribution in [0.4, 0.5) is 0 Å². The van der Waals surface area contributed by atoms with Crippen molar-refractivity contribution in [3.8, 4) is 0 Å². The van der Waals surface area contributed by atoms with E-state index in [0.717, 1.165) is 44.6 Å². The van der Waals surface area contributed by atoms with Gasteiger partial charge in [0.2, 0.25) is 15.8 Å². The lowest BCUT2D eigenvalue weighted by Crippen LogP contribution is -2.17. The minimum atomic E-state index is -3.89. The van der Waals surface area contributed by atoms with E-state index in [4.69, 9.17) is 14.3 Å². The maximum Gasteiger partial charge on any atom is 0.374 e. The maximum absolute atomic E-state index is 12.0. The van der Waals surface area contributed by atoms with Gasteiger partial charge in [-0.25, -0.2) is 18.4 Å². The summed E-state index contributed by atoms with van der Waals surface area (Å²) in [4.78, 5) is 11.8. The lowest BCUT2D eigenvalue weighted by molar-refractivity contribution is 0.0230. The monoisotopic (exact) mass is 301 g/mol. The Morgan fingerprint density at radius 1 is 1.30 bits per heavy atom. The molecule has 6 nitrogen and oxygen atoms in total. The van der Waals surface area contributed by atoms with Gasteiger partial charge in [0, 0.05) is 6.07 Å². The van der Waals surface area contributed by atoms with E-state index in [1.165, 1.54) is 6.92 Å². The molecule has 0 amide bonds. The van der Waals surface area contributed by atoms with E-state index in [0.29, 0.717) is 0 Å². The molecule has 1 aromatic rings. The Balaban J connectivity index is 2.09. The number of nitrogens with two attached hydrogens (primary N) is 1. The van der Waals surface area contributed by atoms with E-state index >= 15 is 0 Å². The smallest absolute Gasteiger partial charge is 0.374 e. The van der Waals surface area contributed by atoms with E-state index in [1.54, 1.807) is 0 Å². The highest BCUT2D eigenvalue weighted by molar-refractivity contribution is 7.89. The predicted molar refractivity (Wildman–Crippen MR) is 71.7 cm³/mol. The van der Waals surface area contributed by atoms with Crippen LogP contribution in [-0.4, -0.2) is 20.5 Å². The highest BCUT2D eigenvalue weighted by Crippen LogP contribution is 2.23. The molecule has 0 radical (unpaired) electrons. The number of ether oxygens (including phenoxy) is 1. The SMILES string of the molecule is Cc1oc(C(=O)OC2CCCCCC2)cc1S(N)(=O)=O. The summed E-state index contributed by atoms with van der Waals surface area (Å²) in [6.07, 6.45) is 5.96. The van der Waals surface area contributed by atoms with Crippen LogP contribution in [-0.2, 0) is 14.8 Å². The van der Waals surface area contributed by atoms with Crippen molar-refractivity contribution >= 4 is 16.0 Å². The first-order chi connectivity index (χ1) is 9.38. The van der Waals surface area contributed by atoms with Gasteiger partial charge in [0.15, 0.2) is 0 Å². The van der Waals surface area contributed by atoms with E-state index < -0.39 is 16.0 Å². The zero-order chi connectivity index (χ0) is 14.8. The van der Waals surface area contributed by atoms with Crippen LogP contribution >= 0.6 is 0 Å². The lowest BCUT2D eigenvalue weighted by Gasteiger charge is -2.14. The summed E-state index contributed by atoms with van der Waals surface area (Å²) in [7, 11) is -3.89. The van der Waals surface area contributed by atoms with Crippen LogP contribution in [0.15, 0.2) is 15.4 Å². The molecule has 1 aliphatic rings. The molecule has 0 spiro atoms. The maximum atomic E-state index is 12.0. The topological polar surface area (TPSA) is 99.6 Å². The standard InChI is InChI=1S/C13H19NO5S/c1-9-12(20(14,16)17)8-11(18-9)13(15)19-10-6-4-2-3-5-7-10/h8,10H,2-7H2,1H3,(H2,14,16,17). The quantitative estimate of drug-likeness (QED) is 0.681. The summed E-state index contributed by atoms with van der Waals surface area (Å²) in [5.74, 6) is -0.647. The zero-order valence-corrected chi connectivity index (χ0v) is 12.2.